The maximum absolute atomic E-state index is 15.8. The summed E-state index contributed by atoms with van der Waals surface area (Å²) < 4.78 is 99.8. The second kappa shape index (κ2) is 27.4. The average molecular weight is 1190 g/mol. The molecule has 0 fully saturated rings. The quantitative estimate of drug-likeness (QED) is 0.0508. The number of rotatable bonds is 17. The van der Waals surface area contributed by atoms with E-state index in [-0.39, 0.29) is 65.0 Å². The molecule has 4 N–H and O–H groups in total. The Labute approximate surface area is 494 Å². The highest BCUT2D eigenvalue weighted by molar-refractivity contribution is 5.99. The number of allylic oxidation sites excluding steroid dienone is 1. The lowest BCUT2D eigenvalue weighted by molar-refractivity contribution is -0.156. The number of aldehydes is 1. The Morgan fingerprint density at radius 2 is 1.21 bits per heavy atom. The first kappa shape index (κ1) is 64.6. The predicted molar refractivity (Wildman–Crippen MR) is 310 cm³/mol. The number of Topliss-reactive ketones (excluding diaryl/α,β-unsaturated/α-hetero) is 2. The van der Waals surface area contributed by atoms with E-state index in [1.54, 1.807) is 114 Å². The summed E-state index contributed by atoms with van der Waals surface area (Å²) in [7, 11) is 1.59. The Balaban J connectivity index is 0.000000225. The number of carbonyl (C=O) groups is 4. The third kappa shape index (κ3) is 14.8. The van der Waals surface area contributed by atoms with Crippen molar-refractivity contribution in [2.45, 2.75) is 83.5 Å². The number of aromatic nitrogens is 7. The van der Waals surface area contributed by atoms with Gasteiger partial charge in [-0.2, -0.15) is 18.4 Å². The van der Waals surface area contributed by atoms with Crippen LogP contribution in [0, 0.1) is 34.6 Å². The van der Waals surface area contributed by atoms with E-state index in [0.717, 1.165) is 16.6 Å². The number of primary amides is 1. The summed E-state index contributed by atoms with van der Waals surface area (Å²) in [5.74, 6) is -4.26. The van der Waals surface area contributed by atoms with Crippen LogP contribution in [-0.2, 0) is 64.0 Å². The normalized spacial score (nSPS) is 11.8. The third-order valence-electron chi connectivity index (χ3n) is 14.4. The van der Waals surface area contributed by atoms with E-state index in [1.165, 1.54) is 36.9 Å². The van der Waals surface area contributed by atoms with Crippen LogP contribution in [0.2, 0.25) is 0 Å². The van der Waals surface area contributed by atoms with Crippen LogP contribution in [0.25, 0.3) is 39.6 Å². The van der Waals surface area contributed by atoms with Crippen molar-refractivity contribution < 1.29 is 60.1 Å². The summed E-state index contributed by atoms with van der Waals surface area (Å²) in [4.78, 5) is 73.2. The van der Waals surface area contributed by atoms with Gasteiger partial charge in [-0.15, -0.1) is 0 Å². The van der Waals surface area contributed by atoms with Gasteiger partial charge in [0.1, 0.15) is 48.3 Å². The molecule has 5 heterocycles. The van der Waals surface area contributed by atoms with E-state index in [4.69, 9.17) is 15.3 Å². The van der Waals surface area contributed by atoms with Gasteiger partial charge in [0.2, 0.25) is 12.2 Å². The maximum atomic E-state index is 15.8. The Morgan fingerprint density at radius 1 is 0.690 bits per heavy atom. The molecule has 9 aromatic rings. The molecular formula is C65H56F7N9O6. The fourth-order valence-corrected chi connectivity index (χ4v) is 9.47. The maximum Gasteiger partial charge on any atom is 0.446 e. The minimum absolute atomic E-state index is 0. The van der Waals surface area contributed by atoms with Gasteiger partial charge in [0.05, 0.1) is 45.4 Å². The monoisotopic (exact) mass is 1190 g/mol. The summed E-state index contributed by atoms with van der Waals surface area (Å²) in [6.07, 6.45) is 5.99. The number of alkyl halides is 3. The molecular weight excluding hydrogens is 1140 g/mol. The number of ketones is 2. The number of carbonyl (C=O) groups excluding carboxylic acids is 4. The van der Waals surface area contributed by atoms with Gasteiger partial charge in [-0.05, 0) is 105 Å². The summed E-state index contributed by atoms with van der Waals surface area (Å²) in [5, 5.41) is 10.2. The number of amides is 1. The van der Waals surface area contributed by atoms with Gasteiger partial charge in [0.15, 0.2) is 11.6 Å². The van der Waals surface area contributed by atoms with Crippen molar-refractivity contribution in [3.63, 3.8) is 0 Å². The van der Waals surface area contributed by atoms with Gasteiger partial charge in [-0.25, -0.2) is 37.5 Å². The third-order valence-corrected chi connectivity index (χ3v) is 14.4. The summed E-state index contributed by atoms with van der Waals surface area (Å²) in [6.45, 7) is 7.17. The second-order valence-corrected chi connectivity index (χ2v) is 20.9. The number of hydrogen-bond donors (Lipinski definition) is 1. The molecule has 0 spiro atoms. The van der Waals surface area contributed by atoms with Crippen LogP contribution < -0.4 is 5.73 Å². The van der Waals surface area contributed by atoms with E-state index < -0.39 is 52.5 Å². The molecule has 0 saturated carbocycles. The van der Waals surface area contributed by atoms with Crippen LogP contribution in [0.5, 0.6) is 0 Å². The van der Waals surface area contributed by atoms with Crippen LogP contribution in [0.15, 0.2) is 140 Å². The van der Waals surface area contributed by atoms with Gasteiger partial charge >= 0.3 is 6.18 Å². The summed E-state index contributed by atoms with van der Waals surface area (Å²) in [6, 6.07) is 29.4. The molecule has 1 amide bonds. The first-order valence-electron chi connectivity index (χ1n) is 26.6. The molecule has 0 radical (unpaired) electrons. The Bertz CT molecular complexity index is 4140. The number of nitrogens with zero attached hydrogens (tertiary/aromatic N) is 8. The molecule has 0 unspecified atom stereocenters. The number of nitriles is 1. The molecule has 0 bridgehead atoms. The molecule has 15 nitrogen and oxygen atoms in total. The second-order valence-electron chi connectivity index (χ2n) is 20.9. The Kier molecular flexibility index (Phi) is 20.3. The number of halogens is 7. The van der Waals surface area contributed by atoms with E-state index in [2.05, 4.69) is 36.0 Å². The minimum atomic E-state index is -4.64. The van der Waals surface area contributed by atoms with E-state index in [9.17, 15) is 37.2 Å². The summed E-state index contributed by atoms with van der Waals surface area (Å²) >= 11 is 0. The number of methoxy groups -OCH3 is 1. The smallest absolute Gasteiger partial charge is 0.412 e. The first-order valence-corrected chi connectivity index (χ1v) is 26.6. The molecule has 4 aromatic carbocycles. The van der Waals surface area contributed by atoms with E-state index in [0.29, 0.717) is 75.0 Å². The van der Waals surface area contributed by atoms with Gasteiger partial charge in [0.25, 0.3) is 0 Å². The van der Waals surface area contributed by atoms with Crippen LogP contribution >= 0.6 is 0 Å². The highest BCUT2D eigenvalue weighted by atomic mass is 19.4. The van der Waals surface area contributed by atoms with E-state index >= 15 is 13.2 Å². The minimum Gasteiger partial charge on any atom is -0.412 e. The predicted octanol–water partition coefficient (Wildman–Crippen LogP) is 11.3. The van der Waals surface area contributed by atoms with Gasteiger partial charge in [-0.1, -0.05) is 60.7 Å². The van der Waals surface area contributed by atoms with Crippen molar-refractivity contribution in [3.05, 3.63) is 231 Å². The lowest BCUT2D eigenvalue weighted by atomic mass is 9.82. The van der Waals surface area contributed by atoms with Crippen LogP contribution in [0.3, 0.4) is 0 Å². The van der Waals surface area contributed by atoms with Crippen molar-refractivity contribution >= 4 is 40.9 Å². The van der Waals surface area contributed by atoms with Crippen molar-refractivity contribution in [1.29, 1.82) is 5.26 Å². The fraction of sp³-hybridized carbons (Fsp3) is 0.215. The molecule has 0 saturated heterocycles. The first-order chi connectivity index (χ1) is 41.0. The number of pyridine rings is 2. The molecule has 1 aliphatic carbocycles. The highest BCUT2D eigenvalue weighted by Crippen LogP contribution is 2.34. The standard InChI is InChI=1S/C32H27F2N5O2.C31H26F2N4O2.C2HF3O.H2O/c1-32(2,17-35)22-7-4-6-20(14-22)28(40)15-21-9-10-26(33)25(29(21)34)16-27-23(8-5-12-36-27)30-24-11-13-39(19-41-3)31(24)38-18-37-30;1-31(2,30(34)39)20-7-3-6-18(14-20)27(38)15-19-11-12-24(32)23(28(19)33)16-26-22(9-5-13-35-26)29-21-8-4-10-25(21)36-17-37-29;3-2(4,5)1-6;/h4-14,18H,15-16,19H2,1-3H3;3-9,11-14,17H,10,15-16H2,1-2H3,(H2,34,39);1H;1H2. The average Bonchev–Trinajstić information content (AvgIpc) is 2.15. The number of ether oxygens (including phenoxy) is 1. The molecule has 0 aliphatic heterocycles. The zero-order valence-electron chi connectivity index (χ0n) is 47.5. The molecule has 22 heteroatoms. The number of hydrogen-bond acceptors (Lipinski definition) is 12. The van der Waals surface area contributed by atoms with Crippen molar-refractivity contribution in [1.82, 2.24) is 34.5 Å². The van der Waals surface area contributed by atoms with Crippen molar-refractivity contribution in [2.75, 3.05) is 7.11 Å². The molecule has 5 aromatic heterocycles. The zero-order valence-corrected chi connectivity index (χ0v) is 47.5. The summed E-state index contributed by atoms with van der Waals surface area (Å²) in [5.41, 5.74) is 11.3. The topological polar surface area (TPSA) is 241 Å². The van der Waals surface area contributed by atoms with Crippen molar-refractivity contribution in [2.24, 2.45) is 5.73 Å². The zero-order chi connectivity index (χ0) is 62.1. The molecule has 446 valence electrons. The Hall–Kier alpha value is -9.98. The lowest BCUT2D eigenvalue weighted by Gasteiger charge is -2.21. The van der Waals surface area contributed by atoms with Crippen LogP contribution in [0.1, 0.15) is 104 Å². The SMILES string of the molecule is CC(C)(C(N)=O)c1cccc(C(=O)Cc2ccc(F)c(Cc3ncccc3-c3ncnc4c3C=CC4)c2F)c1.COCn1ccc2c(-c3cccnc3Cc3c(F)ccc(CC(=O)c4cccc(C(C)(C)C#N)c4)c3F)ncnc21.O.O=CC(F)(F)F. The largest absolute Gasteiger partial charge is 0.446 e. The molecule has 0 atom stereocenters. The van der Waals surface area contributed by atoms with Crippen LogP contribution in [0.4, 0.5) is 30.7 Å². The number of nitrogens with two attached hydrogens (primary N) is 1. The van der Waals surface area contributed by atoms with Gasteiger partial charge in [-0.3, -0.25) is 29.1 Å². The number of fused-ring (bicyclic) bond motifs is 2. The fourth-order valence-electron chi connectivity index (χ4n) is 9.47. The lowest BCUT2D eigenvalue weighted by Crippen LogP contribution is -2.35. The molecule has 1 aliphatic rings. The Morgan fingerprint density at radius 3 is 1.74 bits per heavy atom. The van der Waals surface area contributed by atoms with E-state index in [1.807, 2.05) is 35.0 Å². The molecule has 10 rings (SSSR count). The highest BCUT2D eigenvalue weighted by Gasteiger charge is 2.30. The van der Waals surface area contributed by atoms with Gasteiger partial charge < -0.3 is 20.5 Å². The van der Waals surface area contributed by atoms with Gasteiger partial charge in [0, 0.05) is 102 Å². The molecule has 87 heavy (non-hydrogen) atoms. The number of benzene rings is 4. The van der Waals surface area contributed by atoms with Crippen molar-refractivity contribution in [3.8, 4) is 28.6 Å². The van der Waals surface area contributed by atoms with Crippen LogP contribution in [-0.4, -0.2) is 77.0 Å².